The second kappa shape index (κ2) is 6.23. The molecule has 0 aromatic carbocycles. The van der Waals surface area contributed by atoms with Crippen LogP contribution < -0.4 is 0 Å². The van der Waals surface area contributed by atoms with Gasteiger partial charge in [0.05, 0.1) is 5.69 Å². The van der Waals surface area contributed by atoms with Crippen molar-refractivity contribution in [3.05, 3.63) is 36.7 Å². The lowest BCUT2D eigenvalue weighted by Crippen LogP contribution is -2.05. The van der Waals surface area contributed by atoms with Crippen LogP contribution in [0.4, 0.5) is 0 Å². The predicted molar refractivity (Wildman–Crippen MR) is 63.1 cm³/mol. The molecule has 1 aromatic rings. The van der Waals surface area contributed by atoms with Gasteiger partial charge in [0.2, 0.25) is 0 Å². The second-order valence-corrected chi connectivity index (χ2v) is 3.78. The van der Waals surface area contributed by atoms with Crippen LogP contribution in [0.2, 0.25) is 0 Å². The van der Waals surface area contributed by atoms with Crippen LogP contribution in [0.1, 0.15) is 43.1 Å². The Morgan fingerprint density at radius 1 is 1.47 bits per heavy atom. The highest BCUT2D eigenvalue weighted by atomic mass is 16.1. The quantitative estimate of drug-likeness (QED) is 0.379. The van der Waals surface area contributed by atoms with Crippen molar-refractivity contribution in [1.82, 2.24) is 4.57 Å². The zero-order chi connectivity index (χ0) is 11.1. The van der Waals surface area contributed by atoms with Gasteiger partial charge < -0.3 is 4.57 Å². The summed E-state index contributed by atoms with van der Waals surface area (Å²) in [6, 6.07) is 3.81. The van der Waals surface area contributed by atoms with Crippen molar-refractivity contribution in [3.63, 3.8) is 0 Å². The second-order valence-electron chi connectivity index (χ2n) is 3.78. The van der Waals surface area contributed by atoms with Crippen molar-refractivity contribution >= 4 is 5.78 Å². The molecular weight excluding hydrogens is 186 g/mol. The summed E-state index contributed by atoms with van der Waals surface area (Å²) in [5, 5.41) is 0. The predicted octanol–water partition coefficient (Wildman–Crippen LogP) is 3.44. The first kappa shape index (κ1) is 11.8. The molecule has 0 bridgehead atoms. The molecule has 1 rings (SSSR count). The van der Waals surface area contributed by atoms with E-state index < -0.39 is 0 Å². The molecule has 1 aromatic heterocycles. The Balaban J connectivity index is 2.34. The van der Waals surface area contributed by atoms with E-state index in [9.17, 15) is 4.79 Å². The topological polar surface area (TPSA) is 22.0 Å². The Kier molecular flexibility index (Phi) is 4.88. The molecule has 0 aliphatic rings. The van der Waals surface area contributed by atoms with E-state index in [0.29, 0.717) is 0 Å². The fraction of sp³-hybridized carbons (Fsp3) is 0.462. The van der Waals surface area contributed by atoms with Gasteiger partial charge >= 0.3 is 0 Å². The molecule has 0 spiro atoms. The lowest BCUT2D eigenvalue weighted by Gasteiger charge is -2.06. The average molecular weight is 205 g/mol. The summed E-state index contributed by atoms with van der Waals surface area (Å²) in [6.07, 6.45) is 8.54. The zero-order valence-electron chi connectivity index (χ0n) is 9.41. The molecule has 2 heteroatoms. The van der Waals surface area contributed by atoms with Crippen LogP contribution in [0.3, 0.4) is 0 Å². The first-order valence-electron chi connectivity index (χ1n) is 5.52. The van der Waals surface area contributed by atoms with E-state index in [1.807, 2.05) is 29.0 Å². The normalized spacial score (nSPS) is 10.2. The summed E-state index contributed by atoms with van der Waals surface area (Å²) < 4.78 is 2.04. The monoisotopic (exact) mass is 205 g/mol. The van der Waals surface area contributed by atoms with E-state index in [2.05, 4.69) is 6.58 Å². The number of carbonyl (C=O) groups is 1. The minimum Gasteiger partial charge on any atom is -0.345 e. The summed E-state index contributed by atoms with van der Waals surface area (Å²) in [6.45, 7) is 6.25. The Hall–Kier alpha value is -1.31. The molecule has 0 saturated heterocycles. The minimum atomic E-state index is 0.145. The van der Waals surface area contributed by atoms with Crippen LogP contribution in [0.25, 0.3) is 0 Å². The largest absolute Gasteiger partial charge is 0.345 e. The van der Waals surface area contributed by atoms with Gasteiger partial charge in [-0.3, -0.25) is 4.79 Å². The number of hydrogen-bond acceptors (Lipinski definition) is 1. The van der Waals surface area contributed by atoms with Crippen LogP contribution in [0.15, 0.2) is 31.0 Å². The van der Waals surface area contributed by atoms with E-state index in [4.69, 9.17) is 0 Å². The molecule has 0 unspecified atom stereocenters. The highest BCUT2D eigenvalue weighted by Gasteiger charge is 2.04. The highest BCUT2D eigenvalue weighted by Crippen LogP contribution is 2.07. The van der Waals surface area contributed by atoms with Crippen molar-refractivity contribution in [1.29, 1.82) is 0 Å². The van der Waals surface area contributed by atoms with E-state index in [1.54, 1.807) is 6.92 Å². The number of Topliss-reactive ketones (excluding diaryl/α,β-unsaturated/α-hetero) is 1. The van der Waals surface area contributed by atoms with E-state index >= 15 is 0 Å². The van der Waals surface area contributed by atoms with Crippen LogP contribution in [0.5, 0.6) is 0 Å². The van der Waals surface area contributed by atoms with Crippen LogP contribution in [-0.2, 0) is 6.54 Å². The fourth-order valence-electron chi connectivity index (χ4n) is 1.68. The molecular formula is C13H19NO. The lowest BCUT2D eigenvalue weighted by atomic mass is 10.2. The number of nitrogens with zero attached hydrogens (tertiary/aromatic N) is 1. The van der Waals surface area contributed by atoms with E-state index in [0.717, 1.165) is 25.1 Å². The van der Waals surface area contributed by atoms with Gasteiger partial charge in [-0.15, -0.1) is 6.58 Å². The summed E-state index contributed by atoms with van der Waals surface area (Å²) in [4.78, 5) is 11.2. The molecule has 0 N–H and O–H groups in total. The molecule has 82 valence electrons. The molecule has 0 atom stereocenters. The summed E-state index contributed by atoms with van der Waals surface area (Å²) in [7, 11) is 0. The maximum absolute atomic E-state index is 11.2. The SMILES string of the molecule is C=CCCCCCn1cccc1C(C)=O. The number of carbonyl (C=O) groups excluding carboxylic acids is 1. The molecule has 0 aliphatic carbocycles. The third-order valence-corrected chi connectivity index (χ3v) is 2.50. The Morgan fingerprint density at radius 3 is 2.93 bits per heavy atom. The fourth-order valence-corrected chi connectivity index (χ4v) is 1.68. The van der Waals surface area contributed by atoms with Gasteiger partial charge in [0.25, 0.3) is 0 Å². The summed E-state index contributed by atoms with van der Waals surface area (Å²) >= 11 is 0. The van der Waals surface area contributed by atoms with E-state index in [-0.39, 0.29) is 5.78 Å². The maximum Gasteiger partial charge on any atom is 0.176 e. The lowest BCUT2D eigenvalue weighted by molar-refractivity contribution is 0.100. The van der Waals surface area contributed by atoms with Crippen LogP contribution in [-0.4, -0.2) is 10.4 Å². The summed E-state index contributed by atoms with van der Waals surface area (Å²) in [5.74, 6) is 0.145. The van der Waals surface area contributed by atoms with Crippen LogP contribution in [0, 0.1) is 0 Å². The first-order valence-corrected chi connectivity index (χ1v) is 5.52. The van der Waals surface area contributed by atoms with Gasteiger partial charge in [-0.1, -0.05) is 12.5 Å². The number of rotatable bonds is 7. The third kappa shape index (κ3) is 3.74. The van der Waals surface area contributed by atoms with Crippen molar-refractivity contribution in [2.75, 3.05) is 0 Å². The number of hydrogen-bond donors (Lipinski definition) is 0. The molecule has 15 heavy (non-hydrogen) atoms. The molecule has 0 radical (unpaired) electrons. The Bertz CT molecular complexity index is 325. The van der Waals surface area contributed by atoms with Crippen molar-refractivity contribution in [2.24, 2.45) is 0 Å². The van der Waals surface area contributed by atoms with Gasteiger partial charge in [0.1, 0.15) is 0 Å². The Morgan fingerprint density at radius 2 is 2.27 bits per heavy atom. The molecule has 2 nitrogen and oxygen atoms in total. The maximum atomic E-state index is 11.2. The number of unbranched alkanes of at least 4 members (excludes halogenated alkanes) is 3. The average Bonchev–Trinajstić information content (AvgIpc) is 2.66. The van der Waals surface area contributed by atoms with Gasteiger partial charge in [0.15, 0.2) is 5.78 Å². The van der Waals surface area contributed by atoms with Gasteiger partial charge in [-0.05, 0) is 31.4 Å². The number of allylic oxidation sites excluding steroid dienone is 1. The molecule has 0 fully saturated rings. The number of aromatic nitrogens is 1. The number of aryl methyl sites for hydroxylation is 1. The highest BCUT2D eigenvalue weighted by molar-refractivity contribution is 5.92. The third-order valence-electron chi connectivity index (χ3n) is 2.50. The summed E-state index contributed by atoms with van der Waals surface area (Å²) in [5.41, 5.74) is 0.818. The number of ketones is 1. The van der Waals surface area contributed by atoms with Crippen molar-refractivity contribution in [3.8, 4) is 0 Å². The smallest absolute Gasteiger partial charge is 0.176 e. The van der Waals surface area contributed by atoms with Gasteiger partial charge in [0, 0.05) is 19.7 Å². The van der Waals surface area contributed by atoms with Crippen molar-refractivity contribution < 1.29 is 4.79 Å². The van der Waals surface area contributed by atoms with Gasteiger partial charge in [-0.25, -0.2) is 0 Å². The zero-order valence-corrected chi connectivity index (χ0v) is 9.41. The van der Waals surface area contributed by atoms with Gasteiger partial charge in [-0.2, -0.15) is 0 Å². The van der Waals surface area contributed by atoms with Crippen LogP contribution >= 0.6 is 0 Å². The molecule has 0 aliphatic heterocycles. The standard InChI is InChI=1S/C13H19NO/c1-3-4-5-6-7-10-14-11-8-9-13(14)12(2)15/h3,8-9,11H,1,4-7,10H2,2H3. The molecule has 1 heterocycles. The first-order chi connectivity index (χ1) is 7.25. The minimum absolute atomic E-state index is 0.145. The Labute approximate surface area is 91.6 Å². The van der Waals surface area contributed by atoms with Crippen molar-refractivity contribution in [2.45, 2.75) is 39.2 Å². The molecule has 0 amide bonds. The van der Waals surface area contributed by atoms with E-state index in [1.165, 1.54) is 12.8 Å². The molecule has 0 saturated carbocycles.